The van der Waals surface area contributed by atoms with Crippen LogP contribution in [0.5, 0.6) is 0 Å². The number of fused-ring (bicyclic) bond motifs is 1. The number of nitrogens with zero attached hydrogens (tertiary/aromatic N) is 3. The summed E-state index contributed by atoms with van der Waals surface area (Å²) in [5.74, 6) is 0.912. The van der Waals surface area contributed by atoms with Crippen LogP contribution in [0.2, 0.25) is 0 Å². The number of aromatic amines is 1. The van der Waals surface area contributed by atoms with Crippen molar-refractivity contribution < 1.29 is 14.3 Å². The molecular formula is C28H32N4O4. The molecule has 0 radical (unpaired) electrons. The number of hydrogen-bond donors (Lipinski definition) is 2. The van der Waals surface area contributed by atoms with E-state index in [1.165, 1.54) is 5.56 Å². The van der Waals surface area contributed by atoms with Crippen molar-refractivity contribution in [1.29, 1.82) is 0 Å². The second-order valence-electron chi connectivity index (χ2n) is 9.54. The zero-order valence-corrected chi connectivity index (χ0v) is 20.3. The highest BCUT2D eigenvalue weighted by Gasteiger charge is 2.33. The maximum Gasteiger partial charge on any atom is 0.407 e. The number of likely N-dealkylation sites (tertiary alicyclic amines) is 1. The minimum Gasteiger partial charge on any atom is -0.468 e. The number of furan rings is 1. The highest BCUT2D eigenvalue weighted by Crippen LogP contribution is 2.31. The summed E-state index contributed by atoms with van der Waals surface area (Å²) in [6, 6.07) is 21.7. The number of H-pyrrole nitrogens is 1. The third kappa shape index (κ3) is 5.39. The number of nitrogens with one attached hydrogen (secondary N) is 1. The van der Waals surface area contributed by atoms with Gasteiger partial charge in [-0.1, -0.05) is 42.5 Å². The molecule has 8 nitrogen and oxygen atoms in total. The molecule has 1 unspecified atom stereocenters. The van der Waals surface area contributed by atoms with Gasteiger partial charge in [0, 0.05) is 25.2 Å². The van der Waals surface area contributed by atoms with Crippen LogP contribution in [0.25, 0.3) is 11.0 Å². The molecule has 0 aliphatic carbocycles. The Labute approximate surface area is 209 Å². The summed E-state index contributed by atoms with van der Waals surface area (Å²) in [6.07, 6.45) is 3.64. The summed E-state index contributed by atoms with van der Waals surface area (Å²) in [5.41, 5.74) is 2.79. The smallest absolute Gasteiger partial charge is 0.407 e. The Bertz CT molecular complexity index is 1330. The molecule has 2 N–H and O–H groups in total. The van der Waals surface area contributed by atoms with Crippen LogP contribution in [0.15, 0.2) is 82.2 Å². The fraction of sp³-hybridized carbons (Fsp3) is 0.357. The molecule has 2 atom stereocenters. The quantitative estimate of drug-likeness (QED) is 0.342. The van der Waals surface area contributed by atoms with Crippen molar-refractivity contribution in [3.63, 3.8) is 0 Å². The molecule has 8 heteroatoms. The molecule has 1 saturated heterocycles. The number of carbonyl (C=O) groups is 1. The Balaban J connectivity index is 1.28. The summed E-state index contributed by atoms with van der Waals surface area (Å²) in [5, 5.41) is 9.85. The topological polar surface area (TPSA) is 94.7 Å². The average Bonchev–Trinajstić information content (AvgIpc) is 3.51. The van der Waals surface area contributed by atoms with Crippen molar-refractivity contribution in [2.75, 3.05) is 13.1 Å². The molecule has 1 amide bonds. The lowest BCUT2D eigenvalue weighted by molar-refractivity contribution is 0.0852. The third-order valence-corrected chi connectivity index (χ3v) is 7.14. The molecule has 36 heavy (non-hydrogen) atoms. The van der Waals surface area contributed by atoms with Crippen LogP contribution >= 0.6 is 0 Å². The molecule has 1 aliphatic rings. The highest BCUT2D eigenvalue weighted by atomic mass is 16.4. The molecule has 2 aromatic heterocycles. The average molecular weight is 489 g/mol. The monoisotopic (exact) mass is 488 g/mol. The molecule has 188 valence electrons. The molecule has 0 saturated carbocycles. The van der Waals surface area contributed by atoms with Gasteiger partial charge in [-0.05, 0) is 62.1 Å². The van der Waals surface area contributed by atoms with Crippen LogP contribution in [-0.4, -0.2) is 49.7 Å². The summed E-state index contributed by atoms with van der Waals surface area (Å²) in [7, 11) is 0. The molecule has 0 bridgehead atoms. The van der Waals surface area contributed by atoms with E-state index >= 15 is 0 Å². The second-order valence-corrected chi connectivity index (χ2v) is 9.54. The van der Waals surface area contributed by atoms with Gasteiger partial charge in [0.05, 0.1) is 23.8 Å². The third-order valence-electron chi connectivity index (χ3n) is 7.14. The second kappa shape index (κ2) is 10.9. The molecule has 5 rings (SSSR count). The molecule has 4 aromatic rings. The lowest BCUT2D eigenvalue weighted by Gasteiger charge is -2.38. The van der Waals surface area contributed by atoms with E-state index < -0.39 is 6.09 Å². The lowest BCUT2D eigenvalue weighted by Crippen LogP contribution is -2.47. The van der Waals surface area contributed by atoms with Gasteiger partial charge in [0.2, 0.25) is 0 Å². The van der Waals surface area contributed by atoms with E-state index in [4.69, 9.17) is 4.42 Å². The Hall–Kier alpha value is -3.78. The SMILES string of the molecule is O=C(O)N1CCC(n2c(=O)[nH]c3ccccc32)C[C@@H]1CCCN(Cc1ccccc1)Cc1ccco1. The number of hydrogen-bond acceptors (Lipinski definition) is 4. The van der Waals surface area contributed by atoms with Gasteiger partial charge >= 0.3 is 11.8 Å². The van der Waals surface area contributed by atoms with Gasteiger partial charge in [-0.2, -0.15) is 0 Å². The van der Waals surface area contributed by atoms with Crippen LogP contribution in [0.1, 0.15) is 43.0 Å². The lowest BCUT2D eigenvalue weighted by atomic mass is 9.93. The Morgan fingerprint density at radius 2 is 1.86 bits per heavy atom. The normalized spacial score (nSPS) is 18.2. The van der Waals surface area contributed by atoms with E-state index in [2.05, 4.69) is 22.0 Å². The first-order valence-electron chi connectivity index (χ1n) is 12.6. The number of para-hydroxylation sites is 2. The van der Waals surface area contributed by atoms with E-state index in [-0.39, 0.29) is 17.8 Å². The van der Waals surface area contributed by atoms with Crippen molar-refractivity contribution in [1.82, 2.24) is 19.4 Å². The van der Waals surface area contributed by atoms with Crippen LogP contribution in [0.3, 0.4) is 0 Å². The number of benzene rings is 2. The van der Waals surface area contributed by atoms with Crippen molar-refractivity contribution in [2.45, 2.75) is 50.9 Å². The number of rotatable bonds is 9. The van der Waals surface area contributed by atoms with Crippen molar-refractivity contribution >= 4 is 17.1 Å². The first kappa shape index (κ1) is 23.9. The number of imidazole rings is 1. The van der Waals surface area contributed by atoms with E-state index in [0.717, 1.165) is 42.7 Å². The highest BCUT2D eigenvalue weighted by molar-refractivity contribution is 5.75. The molecule has 1 aliphatic heterocycles. The van der Waals surface area contributed by atoms with Crippen LogP contribution in [-0.2, 0) is 13.1 Å². The van der Waals surface area contributed by atoms with Crippen LogP contribution in [0.4, 0.5) is 4.79 Å². The summed E-state index contributed by atoms with van der Waals surface area (Å²) in [6.45, 7) is 2.73. The van der Waals surface area contributed by atoms with Crippen molar-refractivity contribution in [3.05, 3.63) is 94.8 Å². The Kier molecular flexibility index (Phi) is 7.23. The fourth-order valence-electron chi connectivity index (χ4n) is 5.46. The first-order chi connectivity index (χ1) is 17.6. The molecule has 3 heterocycles. The van der Waals surface area contributed by atoms with E-state index in [9.17, 15) is 14.7 Å². The summed E-state index contributed by atoms with van der Waals surface area (Å²) >= 11 is 0. The van der Waals surface area contributed by atoms with E-state index in [1.54, 1.807) is 11.2 Å². The number of aromatic nitrogens is 2. The van der Waals surface area contributed by atoms with Gasteiger partial charge in [0.15, 0.2) is 0 Å². The maximum atomic E-state index is 12.8. The number of piperidine rings is 1. The predicted octanol–water partition coefficient (Wildman–Crippen LogP) is 5.09. The van der Waals surface area contributed by atoms with Crippen molar-refractivity contribution in [3.8, 4) is 0 Å². The summed E-state index contributed by atoms with van der Waals surface area (Å²) in [4.78, 5) is 31.6. The van der Waals surface area contributed by atoms with Crippen molar-refractivity contribution in [2.24, 2.45) is 0 Å². The van der Waals surface area contributed by atoms with E-state index in [0.29, 0.717) is 25.9 Å². The van der Waals surface area contributed by atoms with Gasteiger partial charge in [0.1, 0.15) is 5.76 Å². The fourth-order valence-corrected chi connectivity index (χ4v) is 5.46. The largest absolute Gasteiger partial charge is 0.468 e. The molecule has 2 aromatic carbocycles. The van der Waals surface area contributed by atoms with Gasteiger partial charge < -0.3 is 19.4 Å². The van der Waals surface area contributed by atoms with Gasteiger partial charge in [0.25, 0.3) is 0 Å². The standard InChI is InChI=1S/C28H32N4O4/c33-27-29-25-12-4-5-13-26(25)32(27)23-14-16-31(28(34)35)22(18-23)10-6-15-30(20-24-11-7-17-36-24)19-21-8-2-1-3-9-21/h1-5,7-9,11-13,17,22-23H,6,10,14-16,18-20H2,(H,29,33)(H,34,35)/t22-,23?/m0/s1. The maximum absolute atomic E-state index is 12.8. The Morgan fingerprint density at radius 1 is 1.06 bits per heavy atom. The predicted molar refractivity (Wildman–Crippen MR) is 138 cm³/mol. The van der Waals surface area contributed by atoms with Gasteiger partial charge in [-0.15, -0.1) is 0 Å². The van der Waals surface area contributed by atoms with Gasteiger partial charge in [-0.3, -0.25) is 9.47 Å². The zero-order chi connectivity index (χ0) is 24.9. The molecular weight excluding hydrogens is 456 g/mol. The van der Waals surface area contributed by atoms with Crippen LogP contribution < -0.4 is 5.69 Å². The first-order valence-corrected chi connectivity index (χ1v) is 12.6. The minimum atomic E-state index is -0.888. The zero-order valence-electron chi connectivity index (χ0n) is 20.3. The number of amides is 1. The molecule has 0 spiro atoms. The van der Waals surface area contributed by atoms with Gasteiger partial charge in [-0.25, -0.2) is 9.59 Å². The summed E-state index contributed by atoms with van der Waals surface area (Å²) < 4.78 is 7.40. The van der Waals surface area contributed by atoms with E-state index in [1.807, 2.05) is 59.2 Å². The minimum absolute atomic E-state index is 0.0298. The molecule has 1 fully saturated rings. The number of carboxylic acid groups (broad SMARTS) is 1. The Morgan fingerprint density at radius 3 is 2.64 bits per heavy atom. The van der Waals surface area contributed by atoms with Crippen LogP contribution in [0, 0.1) is 0 Å².